The zero-order valence-corrected chi connectivity index (χ0v) is 15.9. The molecule has 2 fully saturated rings. The highest BCUT2D eigenvalue weighted by Gasteiger charge is 2.52. The van der Waals surface area contributed by atoms with E-state index in [0.717, 1.165) is 11.1 Å². The monoisotopic (exact) mass is 377 g/mol. The van der Waals surface area contributed by atoms with Crippen molar-refractivity contribution < 1.29 is 14.4 Å². The highest BCUT2D eigenvalue weighted by atomic mass is 16.2. The summed E-state index contributed by atoms with van der Waals surface area (Å²) in [4.78, 5) is 41.2. The van der Waals surface area contributed by atoms with E-state index in [1.165, 1.54) is 4.90 Å². The van der Waals surface area contributed by atoms with Crippen LogP contribution in [-0.2, 0) is 11.3 Å². The molecule has 0 atom stereocenters. The van der Waals surface area contributed by atoms with Crippen LogP contribution < -0.4 is 5.32 Å². The number of hydrogen-bond donors (Lipinski definition) is 1. The summed E-state index contributed by atoms with van der Waals surface area (Å²) in [7, 11) is 0. The minimum absolute atomic E-state index is 0.0382. The zero-order chi connectivity index (χ0) is 19.7. The van der Waals surface area contributed by atoms with Crippen molar-refractivity contribution in [3.8, 4) is 0 Å². The maximum atomic E-state index is 13.0. The predicted molar refractivity (Wildman–Crippen MR) is 105 cm³/mol. The summed E-state index contributed by atoms with van der Waals surface area (Å²) in [5.41, 5.74) is 1.80. The molecule has 2 aliphatic rings. The molecule has 2 aliphatic heterocycles. The molecule has 1 N–H and O–H groups in total. The van der Waals surface area contributed by atoms with Crippen LogP contribution >= 0.6 is 0 Å². The molecule has 0 aliphatic carbocycles. The van der Waals surface area contributed by atoms with Crippen LogP contribution in [0.4, 0.5) is 4.79 Å². The van der Waals surface area contributed by atoms with Gasteiger partial charge < -0.3 is 10.2 Å². The molecule has 6 heteroatoms. The van der Waals surface area contributed by atoms with Crippen LogP contribution in [0.1, 0.15) is 34.3 Å². The number of hydrogen-bond acceptors (Lipinski definition) is 3. The van der Waals surface area contributed by atoms with E-state index >= 15 is 0 Å². The topological polar surface area (TPSA) is 69.7 Å². The van der Waals surface area contributed by atoms with Gasteiger partial charge in [0.2, 0.25) is 0 Å². The van der Waals surface area contributed by atoms with Gasteiger partial charge in [0.15, 0.2) is 0 Å². The highest BCUT2D eigenvalue weighted by Crippen LogP contribution is 2.31. The Morgan fingerprint density at radius 3 is 2.29 bits per heavy atom. The predicted octanol–water partition coefficient (Wildman–Crippen LogP) is 2.72. The maximum Gasteiger partial charge on any atom is 0.325 e. The largest absolute Gasteiger partial charge is 0.338 e. The third-order valence-electron chi connectivity index (χ3n) is 5.63. The Balaban J connectivity index is 1.44. The average Bonchev–Trinajstić information content (AvgIpc) is 2.94. The number of rotatable bonds is 3. The lowest BCUT2D eigenvalue weighted by atomic mass is 9.87. The van der Waals surface area contributed by atoms with Crippen molar-refractivity contribution in [2.75, 3.05) is 13.1 Å². The summed E-state index contributed by atoms with van der Waals surface area (Å²) < 4.78 is 0. The molecule has 144 valence electrons. The highest BCUT2D eigenvalue weighted by molar-refractivity contribution is 6.07. The van der Waals surface area contributed by atoms with Crippen molar-refractivity contribution in [2.24, 2.45) is 0 Å². The number of nitrogens with zero attached hydrogens (tertiary/aromatic N) is 2. The lowest BCUT2D eigenvalue weighted by Crippen LogP contribution is -2.55. The van der Waals surface area contributed by atoms with Gasteiger partial charge in [-0.3, -0.25) is 14.5 Å². The van der Waals surface area contributed by atoms with Gasteiger partial charge in [0.25, 0.3) is 11.8 Å². The van der Waals surface area contributed by atoms with Crippen LogP contribution in [0, 0.1) is 6.92 Å². The second kappa shape index (κ2) is 7.11. The summed E-state index contributed by atoms with van der Waals surface area (Å²) in [5.74, 6) is -0.228. The van der Waals surface area contributed by atoms with Crippen LogP contribution in [0.5, 0.6) is 0 Å². The van der Waals surface area contributed by atoms with Crippen molar-refractivity contribution >= 4 is 17.8 Å². The molecule has 0 bridgehead atoms. The molecule has 4 amide bonds. The number of likely N-dealkylation sites (tertiary alicyclic amines) is 1. The second-order valence-electron chi connectivity index (χ2n) is 7.55. The standard InChI is InChI=1S/C22H23N3O3/c1-16-7-9-17(10-8-16)15-25-20(27)22(23-21(25)28)11-13-24(14-12-22)19(26)18-5-3-2-4-6-18/h2-10H,11-15H2,1H3,(H,23,28). The summed E-state index contributed by atoms with van der Waals surface area (Å²) >= 11 is 0. The second-order valence-corrected chi connectivity index (χ2v) is 7.55. The lowest BCUT2D eigenvalue weighted by molar-refractivity contribution is -0.133. The maximum absolute atomic E-state index is 13.0. The summed E-state index contributed by atoms with van der Waals surface area (Å²) in [6.07, 6.45) is 0.862. The minimum atomic E-state index is -0.894. The fraction of sp³-hybridized carbons (Fsp3) is 0.318. The normalized spacial score (nSPS) is 18.5. The van der Waals surface area contributed by atoms with Crippen molar-refractivity contribution in [3.05, 3.63) is 71.3 Å². The zero-order valence-electron chi connectivity index (χ0n) is 15.9. The number of imide groups is 1. The molecule has 28 heavy (non-hydrogen) atoms. The molecule has 0 unspecified atom stereocenters. The Labute approximate surface area is 164 Å². The van der Waals surface area contributed by atoms with E-state index in [1.807, 2.05) is 49.4 Å². The third kappa shape index (κ3) is 3.26. The number of carbonyl (C=O) groups is 3. The Hall–Kier alpha value is -3.15. The van der Waals surface area contributed by atoms with E-state index in [-0.39, 0.29) is 24.4 Å². The Kier molecular flexibility index (Phi) is 4.63. The van der Waals surface area contributed by atoms with Gasteiger partial charge >= 0.3 is 6.03 Å². The number of carbonyl (C=O) groups excluding carboxylic acids is 3. The average molecular weight is 377 g/mol. The summed E-state index contributed by atoms with van der Waals surface area (Å²) in [6.45, 7) is 3.15. The van der Waals surface area contributed by atoms with Gasteiger partial charge in [0, 0.05) is 18.7 Å². The van der Waals surface area contributed by atoms with Crippen LogP contribution in [0.2, 0.25) is 0 Å². The van der Waals surface area contributed by atoms with Gasteiger partial charge in [-0.05, 0) is 37.5 Å². The Morgan fingerprint density at radius 2 is 1.64 bits per heavy atom. The first kappa shape index (κ1) is 18.2. The summed E-state index contributed by atoms with van der Waals surface area (Å²) in [5, 5.41) is 2.90. The SMILES string of the molecule is Cc1ccc(CN2C(=O)NC3(CCN(C(=O)c4ccccc4)CC3)C2=O)cc1. The molecule has 0 saturated carbocycles. The van der Waals surface area contributed by atoms with E-state index in [0.29, 0.717) is 31.5 Å². The smallest absolute Gasteiger partial charge is 0.325 e. The fourth-order valence-corrected chi connectivity index (χ4v) is 3.89. The Morgan fingerprint density at radius 1 is 1.00 bits per heavy atom. The quantitative estimate of drug-likeness (QED) is 0.836. The molecule has 4 rings (SSSR count). The molecular weight excluding hydrogens is 354 g/mol. The molecule has 2 aromatic rings. The number of aryl methyl sites for hydroxylation is 1. The van der Waals surface area contributed by atoms with E-state index in [2.05, 4.69) is 5.32 Å². The Bertz CT molecular complexity index is 900. The number of nitrogens with one attached hydrogen (secondary N) is 1. The van der Waals surface area contributed by atoms with Crippen LogP contribution in [0.25, 0.3) is 0 Å². The van der Waals surface area contributed by atoms with Crippen LogP contribution in [0.15, 0.2) is 54.6 Å². The first-order chi connectivity index (χ1) is 13.5. The first-order valence-corrected chi connectivity index (χ1v) is 9.52. The minimum Gasteiger partial charge on any atom is -0.338 e. The first-order valence-electron chi connectivity index (χ1n) is 9.52. The summed E-state index contributed by atoms with van der Waals surface area (Å²) in [6, 6.07) is 16.6. The molecule has 0 aromatic heterocycles. The van der Waals surface area contributed by atoms with Crippen molar-refractivity contribution in [1.29, 1.82) is 0 Å². The molecule has 2 heterocycles. The molecule has 2 saturated heterocycles. The molecule has 6 nitrogen and oxygen atoms in total. The molecular formula is C22H23N3O3. The molecule has 0 radical (unpaired) electrons. The lowest BCUT2D eigenvalue weighted by Gasteiger charge is -2.37. The van der Waals surface area contributed by atoms with Gasteiger partial charge in [0.1, 0.15) is 5.54 Å². The van der Waals surface area contributed by atoms with Crippen molar-refractivity contribution in [2.45, 2.75) is 31.8 Å². The molecule has 2 aromatic carbocycles. The van der Waals surface area contributed by atoms with E-state index in [4.69, 9.17) is 0 Å². The van der Waals surface area contributed by atoms with Gasteiger partial charge in [0.05, 0.1) is 6.54 Å². The van der Waals surface area contributed by atoms with E-state index in [9.17, 15) is 14.4 Å². The fourth-order valence-electron chi connectivity index (χ4n) is 3.89. The van der Waals surface area contributed by atoms with Gasteiger partial charge in [-0.2, -0.15) is 0 Å². The van der Waals surface area contributed by atoms with E-state index in [1.54, 1.807) is 17.0 Å². The van der Waals surface area contributed by atoms with Gasteiger partial charge in [-0.25, -0.2) is 4.79 Å². The van der Waals surface area contributed by atoms with Crippen LogP contribution in [-0.4, -0.2) is 46.3 Å². The third-order valence-corrected chi connectivity index (χ3v) is 5.63. The number of piperidine rings is 1. The van der Waals surface area contributed by atoms with Gasteiger partial charge in [-0.1, -0.05) is 48.0 Å². The van der Waals surface area contributed by atoms with Crippen molar-refractivity contribution in [1.82, 2.24) is 15.1 Å². The number of amides is 4. The number of urea groups is 1. The van der Waals surface area contributed by atoms with Crippen LogP contribution in [0.3, 0.4) is 0 Å². The van der Waals surface area contributed by atoms with Gasteiger partial charge in [-0.15, -0.1) is 0 Å². The van der Waals surface area contributed by atoms with E-state index < -0.39 is 5.54 Å². The number of benzene rings is 2. The molecule has 1 spiro atoms. The van der Waals surface area contributed by atoms with Crippen molar-refractivity contribution in [3.63, 3.8) is 0 Å².